The molecule has 1 amide bonds. The van der Waals surface area contributed by atoms with Crippen LogP contribution in [0.25, 0.3) is 11.3 Å². The number of hydrogen-bond acceptors (Lipinski definition) is 3. The molecule has 2 aromatic carbocycles. The fourth-order valence-corrected chi connectivity index (χ4v) is 2.37. The standard InChI is InChI=1S/C18H10F5NO3/c19-13-12(14(20)16(22)17(23)15(13)21)18(26)24-9-3-1-2-8(6-9)11-5-4-10(7-25)27-11/h1-6,25H,7H2,(H,24,26). The number of nitrogens with one attached hydrogen (secondary N) is 1. The van der Waals surface area contributed by atoms with Gasteiger partial charge in [0.15, 0.2) is 23.3 Å². The Bertz CT molecular complexity index is 1000. The minimum Gasteiger partial charge on any atom is -0.459 e. The zero-order chi connectivity index (χ0) is 19.7. The van der Waals surface area contributed by atoms with Crippen molar-refractivity contribution in [3.63, 3.8) is 0 Å². The predicted molar refractivity (Wildman–Crippen MR) is 84.3 cm³/mol. The number of carbonyl (C=O) groups excluding carboxylic acids is 1. The van der Waals surface area contributed by atoms with Crippen molar-refractivity contribution in [1.82, 2.24) is 0 Å². The zero-order valence-electron chi connectivity index (χ0n) is 13.3. The molecule has 0 radical (unpaired) electrons. The van der Waals surface area contributed by atoms with Gasteiger partial charge in [-0.15, -0.1) is 0 Å². The lowest BCUT2D eigenvalue weighted by Gasteiger charge is -2.10. The van der Waals surface area contributed by atoms with Crippen LogP contribution in [-0.4, -0.2) is 11.0 Å². The number of halogens is 5. The molecule has 0 atom stereocenters. The fraction of sp³-hybridized carbons (Fsp3) is 0.0556. The summed E-state index contributed by atoms with van der Waals surface area (Å²) in [6, 6.07) is 8.86. The number of rotatable bonds is 4. The number of aliphatic hydroxyl groups is 1. The molecule has 0 saturated carbocycles. The predicted octanol–water partition coefficient (Wildman–Crippen LogP) is 4.39. The molecule has 0 aliphatic heterocycles. The molecule has 2 N–H and O–H groups in total. The lowest BCUT2D eigenvalue weighted by Crippen LogP contribution is -2.19. The van der Waals surface area contributed by atoms with Crippen molar-refractivity contribution in [3.05, 3.63) is 76.8 Å². The van der Waals surface area contributed by atoms with Gasteiger partial charge in [0.25, 0.3) is 5.91 Å². The Kier molecular flexibility index (Phi) is 4.95. The average Bonchev–Trinajstić information content (AvgIpc) is 3.14. The van der Waals surface area contributed by atoms with Crippen LogP contribution in [0, 0.1) is 29.1 Å². The molecular formula is C18H10F5NO3. The first-order valence-electron chi connectivity index (χ1n) is 7.46. The molecular weight excluding hydrogens is 373 g/mol. The topological polar surface area (TPSA) is 62.5 Å². The molecule has 27 heavy (non-hydrogen) atoms. The Hall–Kier alpha value is -3.20. The first-order chi connectivity index (χ1) is 12.8. The first-order valence-corrected chi connectivity index (χ1v) is 7.46. The van der Waals surface area contributed by atoms with Gasteiger partial charge in [-0.05, 0) is 24.3 Å². The van der Waals surface area contributed by atoms with Gasteiger partial charge in [-0.2, -0.15) is 0 Å². The van der Waals surface area contributed by atoms with Crippen LogP contribution in [0.1, 0.15) is 16.1 Å². The Balaban J connectivity index is 1.93. The molecule has 0 unspecified atom stereocenters. The number of furan rings is 1. The summed E-state index contributed by atoms with van der Waals surface area (Å²) < 4.78 is 72.3. The van der Waals surface area contributed by atoms with E-state index in [1.54, 1.807) is 12.1 Å². The maximum atomic E-state index is 13.7. The number of hydrogen-bond donors (Lipinski definition) is 2. The van der Waals surface area contributed by atoms with Gasteiger partial charge in [0, 0.05) is 11.3 Å². The third kappa shape index (κ3) is 3.41. The number of aliphatic hydroxyl groups excluding tert-OH is 1. The molecule has 9 heteroatoms. The van der Waals surface area contributed by atoms with E-state index in [-0.39, 0.29) is 12.3 Å². The number of anilines is 1. The van der Waals surface area contributed by atoms with E-state index in [1.807, 2.05) is 0 Å². The van der Waals surface area contributed by atoms with Gasteiger partial charge in [0.2, 0.25) is 5.82 Å². The maximum Gasteiger partial charge on any atom is 0.261 e. The van der Waals surface area contributed by atoms with Gasteiger partial charge in [0.05, 0.1) is 0 Å². The average molecular weight is 383 g/mol. The molecule has 0 aliphatic carbocycles. The lowest BCUT2D eigenvalue weighted by molar-refractivity contribution is 0.101. The molecule has 4 nitrogen and oxygen atoms in total. The second-order valence-electron chi connectivity index (χ2n) is 5.40. The van der Waals surface area contributed by atoms with Gasteiger partial charge >= 0.3 is 0 Å². The molecule has 0 saturated heterocycles. The first kappa shape index (κ1) is 18.6. The smallest absolute Gasteiger partial charge is 0.261 e. The third-order valence-electron chi connectivity index (χ3n) is 3.66. The quantitative estimate of drug-likeness (QED) is 0.399. The van der Waals surface area contributed by atoms with Crippen LogP contribution in [-0.2, 0) is 6.61 Å². The summed E-state index contributed by atoms with van der Waals surface area (Å²) in [5.41, 5.74) is -1.11. The summed E-state index contributed by atoms with van der Waals surface area (Å²) >= 11 is 0. The molecule has 0 aliphatic rings. The summed E-state index contributed by atoms with van der Waals surface area (Å²) in [6.07, 6.45) is 0. The highest BCUT2D eigenvalue weighted by Gasteiger charge is 2.29. The van der Waals surface area contributed by atoms with Gasteiger partial charge < -0.3 is 14.8 Å². The summed E-state index contributed by atoms with van der Waals surface area (Å²) in [5.74, 6) is -12.1. The molecule has 3 aromatic rings. The van der Waals surface area contributed by atoms with Gasteiger partial charge in [-0.1, -0.05) is 12.1 Å². The third-order valence-corrected chi connectivity index (χ3v) is 3.66. The highest BCUT2D eigenvalue weighted by atomic mass is 19.2. The van der Waals surface area contributed by atoms with Crippen LogP contribution < -0.4 is 5.32 Å². The second kappa shape index (κ2) is 7.20. The van der Waals surface area contributed by atoms with E-state index in [0.29, 0.717) is 17.1 Å². The Morgan fingerprint density at radius 2 is 1.56 bits per heavy atom. The Morgan fingerprint density at radius 3 is 2.15 bits per heavy atom. The largest absolute Gasteiger partial charge is 0.459 e. The van der Waals surface area contributed by atoms with Crippen molar-refractivity contribution < 1.29 is 36.3 Å². The summed E-state index contributed by atoms with van der Waals surface area (Å²) in [7, 11) is 0. The van der Waals surface area contributed by atoms with Gasteiger partial charge in [0.1, 0.15) is 23.7 Å². The van der Waals surface area contributed by atoms with E-state index < -0.39 is 40.6 Å². The monoisotopic (exact) mass is 383 g/mol. The van der Waals surface area contributed by atoms with Crippen LogP contribution in [0.15, 0.2) is 40.8 Å². The molecule has 1 aromatic heterocycles. The van der Waals surface area contributed by atoms with E-state index in [4.69, 9.17) is 9.52 Å². The van der Waals surface area contributed by atoms with Crippen molar-refractivity contribution in [1.29, 1.82) is 0 Å². The number of amides is 1. The normalized spacial score (nSPS) is 10.9. The van der Waals surface area contributed by atoms with E-state index in [1.165, 1.54) is 24.3 Å². The zero-order valence-corrected chi connectivity index (χ0v) is 13.3. The van der Waals surface area contributed by atoms with Crippen molar-refractivity contribution in [2.24, 2.45) is 0 Å². The van der Waals surface area contributed by atoms with E-state index >= 15 is 0 Å². The highest BCUT2D eigenvalue weighted by molar-refractivity contribution is 6.05. The summed E-state index contributed by atoms with van der Waals surface area (Å²) in [5, 5.41) is 11.1. The van der Waals surface area contributed by atoms with Gasteiger partial charge in [-0.3, -0.25) is 4.79 Å². The van der Waals surface area contributed by atoms with Crippen LogP contribution >= 0.6 is 0 Å². The maximum absolute atomic E-state index is 13.7. The molecule has 0 spiro atoms. The number of carbonyl (C=O) groups is 1. The van der Waals surface area contributed by atoms with E-state index in [0.717, 1.165) is 0 Å². The minimum absolute atomic E-state index is 0.0309. The van der Waals surface area contributed by atoms with Crippen molar-refractivity contribution in [3.8, 4) is 11.3 Å². The highest BCUT2D eigenvalue weighted by Crippen LogP contribution is 2.27. The Labute approximate surface area is 148 Å². The molecule has 140 valence electrons. The molecule has 0 fully saturated rings. The minimum atomic E-state index is -2.35. The van der Waals surface area contributed by atoms with Crippen LogP contribution in [0.5, 0.6) is 0 Å². The van der Waals surface area contributed by atoms with Crippen molar-refractivity contribution in [2.45, 2.75) is 6.61 Å². The van der Waals surface area contributed by atoms with E-state index in [2.05, 4.69) is 5.32 Å². The summed E-state index contributed by atoms with van der Waals surface area (Å²) in [4.78, 5) is 12.1. The SMILES string of the molecule is O=C(Nc1cccc(-c2ccc(CO)o2)c1)c1c(F)c(F)c(F)c(F)c1F. The second-order valence-corrected chi connectivity index (χ2v) is 5.40. The number of benzene rings is 2. The van der Waals surface area contributed by atoms with Crippen LogP contribution in [0.3, 0.4) is 0 Å². The van der Waals surface area contributed by atoms with Crippen LogP contribution in [0.4, 0.5) is 27.6 Å². The molecule has 1 heterocycles. The lowest BCUT2D eigenvalue weighted by atomic mass is 10.1. The fourth-order valence-electron chi connectivity index (χ4n) is 2.37. The van der Waals surface area contributed by atoms with Crippen molar-refractivity contribution in [2.75, 3.05) is 5.32 Å². The van der Waals surface area contributed by atoms with Crippen LogP contribution in [0.2, 0.25) is 0 Å². The molecule has 3 rings (SSSR count). The van der Waals surface area contributed by atoms with E-state index in [9.17, 15) is 26.7 Å². The molecule has 0 bridgehead atoms. The van der Waals surface area contributed by atoms with Gasteiger partial charge in [-0.25, -0.2) is 22.0 Å². The Morgan fingerprint density at radius 1 is 0.926 bits per heavy atom. The summed E-state index contributed by atoms with van der Waals surface area (Å²) in [6.45, 7) is -0.323. The van der Waals surface area contributed by atoms with Crippen molar-refractivity contribution >= 4 is 11.6 Å².